The van der Waals surface area contributed by atoms with Gasteiger partial charge in [-0.05, 0) is 25.1 Å². The molecule has 1 fully saturated rings. The number of nitrogens with one attached hydrogen (secondary N) is 2. The van der Waals surface area contributed by atoms with Gasteiger partial charge in [0.1, 0.15) is 13.2 Å². The number of nitrogens with zero attached hydrogens (tertiary/aromatic N) is 3. The summed E-state index contributed by atoms with van der Waals surface area (Å²) >= 11 is 0. The number of anilines is 2. The lowest BCUT2D eigenvalue weighted by Crippen LogP contribution is -2.48. The van der Waals surface area contributed by atoms with Crippen LogP contribution in [0.5, 0.6) is 0 Å². The maximum Gasteiger partial charge on any atom is 0.409 e. The van der Waals surface area contributed by atoms with E-state index in [0.29, 0.717) is 44.0 Å². The summed E-state index contributed by atoms with van der Waals surface area (Å²) in [7, 11) is 0. The van der Waals surface area contributed by atoms with Crippen molar-refractivity contribution >= 4 is 29.5 Å². The molecule has 0 radical (unpaired) electrons. The molecule has 1 saturated heterocycles. The predicted molar refractivity (Wildman–Crippen MR) is 132 cm³/mol. The van der Waals surface area contributed by atoms with Crippen LogP contribution in [0.3, 0.4) is 0 Å². The number of piperazine rings is 1. The predicted octanol–water partition coefficient (Wildman–Crippen LogP) is 3.63. The topological polar surface area (TPSA) is 113 Å². The lowest BCUT2D eigenvalue weighted by Gasteiger charge is -2.34. The molecule has 1 aliphatic heterocycles. The first-order chi connectivity index (χ1) is 17.2. The molecule has 2 heterocycles. The van der Waals surface area contributed by atoms with E-state index >= 15 is 4.39 Å². The third-order valence-corrected chi connectivity index (χ3v) is 5.55. The summed E-state index contributed by atoms with van der Waals surface area (Å²) in [5.41, 5.74) is 1.84. The van der Waals surface area contributed by atoms with E-state index in [4.69, 9.17) is 9.47 Å². The number of rotatable bonds is 8. The normalized spacial score (nSPS) is 13.9. The van der Waals surface area contributed by atoms with Gasteiger partial charge in [0.15, 0.2) is 5.82 Å². The number of halogens is 1. The third-order valence-electron chi connectivity index (χ3n) is 5.55. The van der Waals surface area contributed by atoms with Crippen LogP contribution in [-0.2, 0) is 20.8 Å². The molecule has 0 saturated carbocycles. The van der Waals surface area contributed by atoms with Crippen LogP contribution >= 0.6 is 0 Å². The number of aryl methyl sites for hydroxylation is 1. The maximum atomic E-state index is 15.1. The SMILES string of the molecule is Cc1ccc(NC(=O)Nc2cccc(CN3CCN(C(=O)OCCOC(=O)C(C)C)CC3)c2F)cn1. The molecule has 3 rings (SSSR count). The van der Waals surface area contributed by atoms with Crippen molar-refractivity contribution in [3.63, 3.8) is 0 Å². The molecule has 0 aliphatic carbocycles. The highest BCUT2D eigenvalue weighted by Crippen LogP contribution is 2.21. The maximum absolute atomic E-state index is 15.1. The summed E-state index contributed by atoms with van der Waals surface area (Å²) in [5, 5.41) is 5.16. The molecule has 1 aliphatic rings. The van der Waals surface area contributed by atoms with E-state index in [1.807, 2.05) is 11.8 Å². The van der Waals surface area contributed by atoms with Crippen molar-refractivity contribution in [1.29, 1.82) is 0 Å². The Labute approximate surface area is 209 Å². The van der Waals surface area contributed by atoms with Gasteiger partial charge in [0.25, 0.3) is 0 Å². The number of benzene rings is 1. The number of carbonyl (C=O) groups is 3. The van der Waals surface area contributed by atoms with E-state index in [1.54, 1.807) is 43.0 Å². The van der Waals surface area contributed by atoms with Crippen molar-refractivity contribution in [2.45, 2.75) is 27.3 Å². The van der Waals surface area contributed by atoms with Crippen LogP contribution in [0.25, 0.3) is 0 Å². The van der Waals surface area contributed by atoms with E-state index in [9.17, 15) is 14.4 Å². The molecule has 0 spiro atoms. The zero-order valence-electron chi connectivity index (χ0n) is 20.8. The number of urea groups is 1. The molecule has 0 bridgehead atoms. The minimum Gasteiger partial charge on any atom is -0.462 e. The second kappa shape index (κ2) is 12.8. The molecule has 1 aromatic heterocycles. The molecule has 2 aromatic rings. The molecule has 194 valence electrons. The largest absolute Gasteiger partial charge is 0.462 e. The van der Waals surface area contributed by atoms with Gasteiger partial charge in [0, 0.05) is 44.0 Å². The van der Waals surface area contributed by atoms with E-state index in [1.165, 1.54) is 12.3 Å². The Hall–Kier alpha value is -3.73. The zero-order valence-corrected chi connectivity index (χ0v) is 20.8. The summed E-state index contributed by atoms with van der Waals surface area (Å²) in [4.78, 5) is 43.6. The number of hydrogen-bond donors (Lipinski definition) is 2. The average molecular weight is 502 g/mol. The number of esters is 1. The molecular weight excluding hydrogens is 469 g/mol. The van der Waals surface area contributed by atoms with Crippen molar-refractivity contribution in [1.82, 2.24) is 14.8 Å². The number of aromatic nitrogens is 1. The summed E-state index contributed by atoms with van der Waals surface area (Å²) in [5.74, 6) is -1.08. The first-order valence-corrected chi connectivity index (χ1v) is 11.8. The average Bonchev–Trinajstić information content (AvgIpc) is 2.85. The van der Waals surface area contributed by atoms with Gasteiger partial charge in [0.05, 0.1) is 23.5 Å². The van der Waals surface area contributed by atoms with Crippen molar-refractivity contribution in [2.75, 3.05) is 50.0 Å². The van der Waals surface area contributed by atoms with Gasteiger partial charge >= 0.3 is 18.1 Å². The van der Waals surface area contributed by atoms with Gasteiger partial charge < -0.3 is 25.0 Å². The van der Waals surface area contributed by atoms with Crippen LogP contribution < -0.4 is 10.6 Å². The summed E-state index contributed by atoms with van der Waals surface area (Å²) in [6.45, 7) is 7.58. The first-order valence-electron chi connectivity index (χ1n) is 11.8. The summed E-state index contributed by atoms with van der Waals surface area (Å²) in [6, 6.07) is 7.76. The van der Waals surface area contributed by atoms with Crippen molar-refractivity contribution in [3.05, 3.63) is 53.6 Å². The monoisotopic (exact) mass is 501 g/mol. The third kappa shape index (κ3) is 7.91. The van der Waals surface area contributed by atoms with Crippen LogP contribution in [0.15, 0.2) is 36.5 Å². The fourth-order valence-electron chi connectivity index (χ4n) is 3.48. The lowest BCUT2D eigenvalue weighted by molar-refractivity contribution is -0.148. The Bertz CT molecular complexity index is 1060. The fourth-order valence-corrected chi connectivity index (χ4v) is 3.48. The molecule has 0 atom stereocenters. The highest BCUT2D eigenvalue weighted by atomic mass is 19.1. The van der Waals surface area contributed by atoms with Crippen LogP contribution in [0.2, 0.25) is 0 Å². The second-order valence-corrected chi connectivity index (χ2v) is 8.75. The van der Waals surface area contributed by atoms with E-state index in [-0.39, 0.29) is 30.8 Å². The molecule has 3 amide bonds. The van der Waals surface area contributed by atoms with Crippen LogP contribution in [0, 0.1) is 18.7 Å². The van der Waals surface area contributed by atoms with Gasteiger partial charge in [-0.3, -0.25) is 14.7 Å². The van der Waals surface area contributed by atoms with Gasteiger partial charge in [-0.1, -0.05) is 26.0 Å². The quantitative estimate of drug-likeness (QED) is 0.420. The highest BCUT2D eigenvalue weighted by molar-refractivity contribution is 5.99. The minimum atomic E-state index is -0.567. The molecule has 2 N–H and O–H groups in total. The molecule has 10 nitrogen and oxygen atoms in total. The standard InChI is InChI=1S/C25H32FN5O5/c1-17(2)23(32)35-13-14-36-25(34)31-11-9-30(10-12-31)16-19-5-4-6-21(22(19)26)29-24(33)28-20-8-7-18(3)27-15-20/h4-8,15,17H,9-14,16H2,1-3H3,(H2,28,29,33). The molecule has 0 unspecified atom stereocenters. The van der Waals surface area contributed by atoms with Gasteiger partial charge in [-0.2, -0.15) is 0 Å². The van der Waals surface area contributed by atoms with E-state index in [0.717, 1.165) is 5.69 Å². The molecule has 1 aromatic carbocycles. The molecule has 36 heavy (non-hydrogen) atoms. The van der Waals surface area contributed by atoms with Crippen LogP contribution in [0.1, 0.15) is 25.1 Å². The summed E-state index contributed by atoms with van der Waals surface area (Å²) in [6.07, 6.45) is 1.06. The lowest BCUT2D eigenvalue weighted by atomic mass is 10.1. The Balaban J connectivity index is 1.44. The first kappa shape index (κ1) is 26.9. The second-order valence-electron chi connectivity index (χ2n) is 8.75. The van der Waals surface area contributed by atoms with Gasteiger partial charge in [0.2, 0.25) is 0 Å². The molecular formula is C25H32FN5O5. The van der Waals surface area contributed by atoms with E-state index < -0.39 is 17.9 Å². The van der Waals surface area contributed by atoms with Gasteiger partial charge in [-0.15, -0.1) is 0 Å². The Morgan fingerprint density at radius 2 is 1.75 bits per heavy atom. The molecule has 11 heteroatoms. The number of amides is 3. The summed E-state index contributed by atoms with van der Waals surface area (Å²) < 4.78 is 25.2. The number of ether oxygens (including phenoxy) is 2. The smallest absolute Gasteiger partial charge is 0.409 e. The van der Waals surface area contributed by atoms with Crippen LogP contribution in [0.4, 0.5) is 25.4 Å². The Kier molecular flexibility index (Phi) is 9.57. The van der Waals surface area contributed by atoms with Crippen LogP contribution in [-0.4, -0.2) is 72.3 Å². The van der Waals surface area contributed by atoms with Gasteiger partial charge in [-0.25, -0.2) is 14.0 Å². The number of hydrogen-bond acceptors (Lipinski definition) is 7. The minimum absolute atomic E-state index is 0.00346. The highest BCUT2D eigenvalue weighted by Gasteiger charge is 2.23. The number of carbonyl (C=O) groups excluding carboxylic acids is 3. The van der Waals surface area contributed by atoms with E-state index in [2.05, 4.69) is 15.6 Å². The fraction of sp³-hybridized carbons (Fsp3) is 0.440. The van der Waals surface area contributed by atoms with Crippen molar-refractivity contribution in [3.8, 4) is 0 Å². The van der Waals surface area contributed by atoms with Crippen molar-refractivity contribution < 1.29 is 28.2 Å². The number of pyridine rings is 1. The Morgan fingerprint density at radius 1 is 1.03 bits per heavy atom. The Morgan fingerprint density at radius 3 is 2.42 bits per heavy atom. The zero-order chi connectivity index (χ0) is 26.1. The van der Waals surface area contributed by atoms with Crippen molar-refractivity contribution in [2.24, 2.45) is 5.92 Å².